The molecule has 1 aliphatic rings. The van der Waals surface area contributed by atoms with E-state index in [0.717, 1.165) is 12.0 Å². The fraction of sp³-hybridized carbons (Fsp3) is 0.600. The van der Waals surface area contributed by atoms with Crippen LogP contribution < -0.4 is 0 Å². The maximum absolute atomic E-state index is 11.2. The molecule has 0 fully saturated rings. The van der Waals surface area contributed by atoms with E-state index in [4.69, 9.17) is 0 Å². The molecule has 3 nitrogen and oxygen atoms in total. The second kappa shape index (κ2) is 4.21. The van der Waals surface area contributed by atoms with E-state index in [2.05, 4.69) is 4.74 Å². The minimum atomic E-state index is -0.271. The van der Waals surface area contributed by atoms with Crippen LogP contribution in [0.25, 0.3) is 0 Å². The fourth-order valence-electron chi connectivity index (χ4n) is 1.56. The van der Waals surface area contributed by atoms with E-state index in [9.17, 15) is 9.59 Å². The van der Waals surface area contributed by atoms with Gasteiger partial charge in [-0.15, -0.1) is 0 Å². The van der Waals surface area contributed by atoms with Crippen LogP contribution in [0.1, 0.15) is 26.2 Å². The number of rotatable bonds is 2. The van der Waals surface area contributed by atoms with Crippen molar-refractivity contribution in [1.29, 1.82) is 0 Å². The van der Waals surface area contributed by atoms with Gasteiger partial charge in [-0.2, -0.15) is 0 Å². The Morgan fingerprint density at radius 3 is 2.85 bits per heavy atom. The summed E-state index contributed by atoms with van der Waals surface area (Å²) in [5.41, 5.74) is 1.05. The zero-order valence-corrected chi connectivity index (χ0v) is 8.00. The first-order valence-corrected chi connectivity index (χ1v) is 4.47. The minimum absolute atomic E-state index is 0.0403. The summed E-state index contributed by atoms with van der Waals surface area (Å²) in [5.74, 6) is -0.483. The Hall–Kier alpha value is -1.12. The van der Waals surface area contributed by atoms with Crippen molar-refractivity contribution in [2.45, 2.75) is 26.2 Å². The normalized spacial score (nSPS) is 22.5. The summed E-state index contributed by atoms with van der Waals surface area (Å²) in [6.07, 6.45) is 3.46. The number of methoxy groups -OCH3 is 1. The molecular weight excluding hydrogens is 168 g/mol. The Kier molecular flexibility index (Phi) is 3.23. The lowest BCUT2D eigenvalue weighted by atomic mass is 9.87. The number of carbonyl (C=O) groups is 2. The molecule has 0 aromatic rings. The number of ketones is 1. The Bertz CT molecular complexity index is 253. The van der Waals surface area contributed by atoms with Crippen LogP contribution in [-0.2, 0) is 14.3 Å². The summed E-state index contributed by atoms with van der Waals surface area (Å²) in [6, 6.07) is 0. The molecule has 0 radical (unpaired) electrons. The Morgan fingerprint density at radius 1 is 1.62 bits per heavy atom. The number of carbonyl (C=O) groups excluding carboxylic acids is 2. The van der Waals surface area contributed by atoms with E-state index < -0.39 is 0 Å². The van der Waals surface area contributed by atoms with Crippen LogP contribution in [0.15, 0.2) is 11.6 Å². The van der Waals surface area contributed by atoms with Crippen molar-refractivity contribution >= 4 is 11.8 Å². The van der Waals surface area contributed by atoms with Gasteiger partial charge >= 0.3 is 5.97 Å². The molecule has 1 unspecified atom stereocenters. The standard InChI is InChI=1S/C10H14O3/c1-3-7-4-8(10(12)13-2)6-9(11)5-7/h5,8H,3-4,6H2,1-2H3. The van der Waals surface area contributed by atoms with Gasteiger partial charge in [-0.25, -0.2) is 0 Å². The number of hydrogen-bond donors (Lipinski definition) is 0. The summed E-state index contributed by atoms with van der Waals surface area (Å²) in [4.78, 5) is 22.4. The molecule has 0 saturated carbocycles. The van der Waals surface area contributed by atoms with Crippen molar-refractivity contribution < 1.29 is 14.3 Å². The van der Waals surface area contributed by atoms with Crippen LogP contribution in [0.3, 0.4) is 0 Å². The predicted molar refractivity (Wildman–Crippen MR) is 48.1 cm³/mol. The second-order valence-corrected chi connectivity index (χ2v) is 3.25. The van der Waals surface area contributed by atoms with Crippen LogP contribution in [0.2, 0.25) is 0 Å². The molecule has 0 bridgehead atoms. The van der Waals surface area contributed by atoms with E-state index in [-0.39, 0.29) is 17.7 Å². The average Bonchev–Trinajstić information content (AvgIpc) is 2.15. The van der Waals surface area contributed by atoms with E-state index in [1.807, 2.05) is 6.92 Å². The summed E-state index contributed by atoms with van der Waals surface area (Å²) >= 11 is 0. The summed E-state index contributed by atoms with van der Waals surface area (Å²) < 4.78 is 4.61. The summed E-state index contributed by atoms with van der Waals surface area (Å²) in [7, 11) is 1.36. The first-order chi connectivity index (χ1) is 6.17. The molecule has 0 spiro atoms. The SMILES string of the molecule is CCC1=CC(=O)CC(C(=O)OC)C1. The Balaban J connectivity index is 2.69. The minimum Gasteiger partial charge on any atom is -0.469 e. The van der Waals surface area contributed by atoms with Crippen molar-refractivity contribution in [1.82, 2.24) is 0 Å². The smallest absolute Gasteiger partial charge is 0.309 e. The van der Waals surface area contributed by atoms with Crippen molar-refractivity contribution in [3.05, 3.63) is 11.6 Å². The molecule has 72 valence electrons. The van der Waals surface area contributed by atoms with Gasteiger partial charge in [0.05, 0.1) is 13.0 Å². The molecule has 0 aromatic heterocycles. The van der Waals surface area contributed by atoms with Gasteiger partial charge in [-0.1, -0.05) is 12.5 Å². The summed E-state index contributed by atoms with van der Waals surface area (Å²) in [6.45, 7) is 1.98. The van der Waals surface area contributed by atoms with E-state index in [0.29, 0.717) is 12.8 Å². The molecule has 0 aromatic carbocycles. The third kappa shape index (κ3) is 2.41. The number of allylic oxidation sites excluding steroid dienone is 2. The number of ether oxygens (including phenoxy) is 1. The van der Waals surface area contributed by atoms with Gasteiger partial charge in [0.2, 0.25) is 0 Å². The van der Waals surface area contributed by atoms with Crippen molar-refractivity contribution in [3.8, 4) is 0 Å². The quantitative estimate of drug-likeness (QED) is 0.607. The molecule has 1 rings (SSSR count). The van der Waals surface area contributed by atoms with Crippen LogP contribution >= 0.6 is 0 Å². The number of esters is 1. The summed E-state index contributed by atoms with van der Waals surface area (Å²) in [5, 5.41) is 0. The third-order valence-electron chi connectivity index (χ3n) is 2.31. The largest absolute Gasteiger partial charge is 0.469 e. The molecule has 0 aliphatic heterocycles. The van der Waals surface area contributed by atoms with E-state index in [1.165, 1.54) is 7.11 Å². The van der Waals surface area contributed by atoms with Gasteiger partial charge in [0.1, 0.15) is 0 Å². The van der Waals surface area contributed by atoms with Crippen LogP contribution in [0.5, 0.6) is 0 Å². The first kappa shape index (κ1) is 9.96. The van der Waals surface area contributed by atoms with Crippen LogP contribution in [-0.4, -0.2) is 18.9 Å². The second-order valence-electron chi connectivity index (χ2n) is 3.25. The molecule has 0 amide bonds. The van der Waals surface area contributed by atoms with Crippen molar-refractivity contribution in [2.75, 3.05) is 7.11 Å². The van der Waals surface area contributed by atoms with Crippen LogP contribution in [0.4, 0.5) is 0 Å². The van der Waals surface area contributed by atoms with Gasteiger partial charge in [-0.3, -0.25) is 9.59 Å². The average molecular weight is 182 g/mol. The van der Waals surface area contributed by atoms with Crippen molar-refractivity contribution in [3.63, 3.8) is 0 Å². The lowest BCUT2D eigenvalue weighted by molar-refractivity contribution is -0.147. The molecule has 3 heteroatoms. The molecule has 1 atom stereocenters. The molecule has 13 heavy (non-hydrogen) atoms. The van der Waals surface area contributed by atoms with Crippen molar-refractivity contribution in [2.24, 2.45) is 5.92 Å². The highest BCUT2D eigenvalue weighted by atomic mass is 16.5. The zero-order chi connectivity index (χ0) is 9.84. The van der Waals surface area contributed by atoms with Gasteiger partial charge < -0.3 is 4.74 Å². The maximum Gasteiger partial charge on any atom is 0.309 e. The predicted octanol–water partition coefficient (Wildman–Crippen LogP) is 1.47. The molecular formula is C10H14O3. The highest BCUT2D eigenvalue weighted by Crippen LogP contribution is 2.24. The fourth-order valence-corrected chi connectivity index (χ4v) is 1.56. The molecule has 0 N–H and O–H groups in total. The van der Waals surface area contributed by atoms with E-state index in [1.54, 1.807) is 6.08 Å². The highest BCUT2D eigenvalue weighted by molar-refractivity contribution is 5.94. The first-order valence-electron chi connectivity index (χ1n) is 4.47. The van der Waals surface area contributed by atoms with Gasteiger partial charge in [0, 0.05) is 6.42 Å². The van der Waals surface area contributed by atoms with Gasteiger partial charge in [0.15, 0.2) is 5.78 Å². The third-order valence-corrected chi connectivity index (χ3v) is 2.31. The monoisotopic (exact) mass is 182 g/mol. The zero-order valence-electron chi connectivity index (χ0n) is 8.00. The van der Waals surface area contributed by atoms with Crippen LogP contribution in [0, 0.1) is 5.92 Å². The lowest BCUT2D eigenvalue weighted by Gasteiger charge is -2.18. The lowest BCUT2D eigenvalue weighted by Crippen LogP contribution is -2.23. The molecule has 0 heterocycles. The topological polar surface area (TPSA) is 43.4 Å². The highest BCUT2D eigenvalue weighted by Gasteiger charge is 2.26. The van der Waals surface area contributed by atoms with E-state index >= 15 is 0 Å². The Morgan fingerprint density at radius 2 is 2.31 bits per heavy atom. The maximum atomic E-state index is 11.2. The number of hydrogen-bond acceptors (Lipinski definition) is 3. The van der Waals surface area contributed by atoms with Gasteiger partial charge in [-0.05, 0) is 18.9 Å². The van der Waals surface area contributed by atoms with Gasteiger partial charge in [0.25, 0.3) is 0 Å². The molecule has 0 saturated heterocycles. The molecule has 1 aliphatic carbocycles. The Labute approximate surface area is 77.8 Å².